The quantitative estimate of drug-likeness (QED) is 0.701. The summed E-state index contributed by atoms with van der Waals surface area (Å²) in [5, 5.41) is 2.64. The second-order valence-electron chi connectivity index (χ2n) is 5.22. The molecule has 0 aliphatic carbocycles. The summed E-state index contributed by atoms with van der Waals surface area (Å²) in [6.45, 7) is 3.62. The Morgan fingerprint density at radius 3 is 2.50 bits per heavy atom. The number of quaternary nitrogens is 1. The molecule has 120 valence electrons. The second kappa shape index (κ2) is 8.55. The molecule has 0 radical (unpaired) electrons. The highest BCUT2D eigenvalue weighted by molar-refractivity contribution is 9.10. The number of piperazine rings is 1. The number of likely N-dealkylation sites (N-methyl/N-ethyl adjacent to an activating group) is 1. The van der Waals surface area contributed by atoms with E-state index in [0.29, 0.717) is 12.3 Å². The molecule has 0 unspecified atom stereocenters. The van der Waals surface area contributed by atoms with Gasteiger partial charge in [-0.25, -0.2) is 0 Å². The summed E-state index contributed by atoms with van der Waals surface area (Å²) in [6, 6.07) is 7.97. The Morgan fingerprint density at radius 1 is 1.27 bits per heavy atom. The van der Waals surface area contributed by atoms with Crippen molar-refractivity contribution in [2.45, 2.75) is 4.90 Å². The molecule has 0 atom stereocenters. The summed E-state index contributed by atoms with van der Waals surface area (Å²) in [7, 11) is 1.65. The molecule has 1 aromatic carbocycles. The summed E-state index contributed by atoms with van der Waals surface area (Å²) in [5.74, 6) is 0.694. The summed E-state index contributed by atoms with van der Waals surface area (Å²) < 4.78 is 1.04. The topological polar surface area (TPSA) is 53.9 Å². The standard InChI is InChI=1S/C15H20BrN3O2S/c1-17-14(20)10-18-6-8-19(9-7-18)15(21)11-22-13-4-2-12(16)3-5-13/h2-5H,6-11H2,1H3,(H,17,20)/p+1. The van der Waals surface area contributed by atoms with Gasteiger partial charge in [-0.1, -0.05) is 15.9 Å². The average molecular weight is 387 g/mol. The van der Waals surface area contributed by atoms with Crippen LogP contribution in [0.3, 0.4) is 0 Å². The van der Waals surface area contributed by atoms with E-state index in [1.165, 1.54) is 4.90 Å². The third-order valence-corrected chi connectivity index (χ3v) is 5.21. The first kappa shape index (κ1) is 17.3. The molecule has 22 heavy (non-hydrogen) atoms. The number of carbonyl (C=O) groups excluding carboxylic acids is 2. The largest absolute Gasteiger partial charge is 0.354 e. The molecule has 1 heterocycles. The monoisotopic (exact) mass is 386 g/mol. The SMILES string of the molecule is CNC(=O)C[NH+]1CCN(C(=O)CSc2ccc(Br)cc2)CC1. The highest BCUT2D eigenvalue weighted by Crippen LogP contribution is 2.20. The molecule has 5 nitrogen and oxygen atoms in total. The molecule has 1 aliphatic heterocycles. The fourth-order valence-electron chi connectivity index (χ4n) is 2.33. The van der Waals surface area contributed by atoms with Crippen molar-refractivity contribution in [1.29, 1.82) is 0 Å². The van der Waals surface area contributed by atoms with Gasteiger partial charge < -0.3 is 15.1 Å². The predicted octanol–water partition coefficient (Wildman–Crippen LogP) is 0.0143. The van der Waals surface area contributed by atoms with Gasteiger partial charge in [0, 0.05) is 16.4 Å². The Labute approximate surface area is 143 Å². The Hall–Kier alpha value is -1.05. The van der Waals surface area contributed by atoms with Gasteiger partial charge in [-0.2, -0.15) is 0 Å². The summed E-state index contributed by atoms with van der Waals surface area (Å²) in [5.41, 5.74) is 0. The van der Waals surface area contributed by atoms with E-state index >= 15 is 0 Å². The highest BCUT2D eigenvalue weighted by Gasteiger charge is 2.24. The number of nitrogens with one attached hydrogen (secondary N) is 2. The summed E-state index contributed by atoms with van der Waals surface area (Å²) >= 11 is 4.96. The average Bonchev–Trinajstić information content (AvgIpc) is 2.54. The Balaban J connectivity index is 1.73. The summed E-state index contributed by atoms with van der Waals surface area (Å²) in [6.07, 6.45) is 0. The zero-order chi connectivity index (χ0) is 15.9. The first-order valence-corrected chi connectivity index (χ1v) is 9.06. The normalized spacial score (nSPS) is 15.6. The number of hydrogen-bond donors (Lipinski definition) is 2. The van der Waals surface area contributed by atoms with E-state index in [1.807, 2.05) is 29.2 Å². The Bertz CT molecular complexity index is 516. The van der Waals surface area contributed by atoms with Crippen LogP contribution in [0.15, 0.2) is 33.6 Å². The first-order chi connectivity index (χ1) is 10.6. The molecule has 0 aromatic heterocycles. The van der Waals surface area contributed by atoms with Crippen molar-refractivity contribution in [1.82, 2.24) is 10.2 Å². The minimum atomic E-state index is 0.0561. The van der Waals surface area contributed by atoms with Crippen LogP contribution in [0.2, 0.25) is 0 Å². The fraction of sp³-hybridized carbons (Fsp3) is 0.467. The minimum absolute atomic E-state index is 0.0561. The maximum atomic E-state index is 12.2. The third-order valence-electron chi connectivity index (χ3n) is 3.69. The van der Waals surface area contributed by atoms with Gasteiger partial charge >= 0.3 is 0 Å². The van der Waals surface area contributed by atoms with Gasteiger partial charge in [-0.05, 0) is 24.3 Å². The van der Waals surface area contributed by atoms with Crippen LogP contribution < -0.4 is 10.2 Å². The van der Waals surface area contributed by atoms with Crippen molar-refractivity contribution in [3.8, 4) is 0 Å². The number of carbonyl (C=O) groups is 2. The lowest BCUT2D eigenvalue weighted by atomic mass is 10.3. The van der Waals surface area contributed by atoms with Crippen molar-refractivity contribution in [3.05, 3.63) is 28.7 Å². The minimum Gasteiger partial charge on any atom is -0.354 e. The van der Waals surface area contributed by atoms with Crippen LogP contribution in [-0.4, -0.2) is 62.2 Å². The molecule has 0 bridgehead atoms. The van der Waals surface area contributed by atoms with E-state index in [2.05, 4.69) is 21.2 Å². The molecule has 7 heteroatoms. The van der Waals surface area contributed by atoms with Crippen LogP contribution in [-0.2, 0) is 9.59 Å². The lowest BCUT2D eigenvalue weighted by Gasteiger charge is -2.31. The fourth-order valence-corrected chi connectivity index (χ4v) is 3.40. The number of hydrogen-bond acceptors (Lipinski definition) is 3. The molecule has 2 N–H and O–H groups in total. The molecule has 1 aliphatic rings. The molecule has 0 saturated carbocycles. The molecule has 1 saturated heterocycles. The van der Waals surface area contributed by atoms with Crippen molar-refractivity contribution >= 4 is 39.5 Å². The van der Waals surface area contributed by atoms with Gasteiger partial charge in [0.05, 0.1) is 31.9 Å². The number of benzene rings is 1. The van der Waals surface area contributed by atoms with E-state index in [-0.39, 0.29) is 11.8 Å². The summed E-state index contributed by atoms with van der Waals surface area (Å²) in [4.78, 5) is 27.8. The van der Waals surface area contributed by atoms with Crippen molar-refractivity contribution in [3.63, 3.8) is 0 Å². The molecule has 1 fully saturated rings. The van der Waals surface area contributed by atoms with Gasteiger partial charge in [0.15, 0.2) is 6.54 Å². The van der Waals surface area contributed by atoms with Crippen LogP contribution in [0.25, 0.3) is 0 Å². The number of rotatable bonds is 5. The maximum Gasteiger partial charge on any atom is 0.274 e. The van der Waals surface area contributed by atoms with Crippen LogP contribution in [0.4, 0.5) is 0 Å². The van der Waals surface area contributed by atoms with Gasteiger partial charge in [-0.3, -0.25) is 9.59 Å². The van der Waals surface area contributed by atoms with E-state index < -0.39 is 0 Å². The third kappa shape index (κ3) is 5.30. The number of amides is 2. The lowest BCUT2D eigenvalue weighted by Crippen LogP contribution is -3.15. The van der Waals surface area contributed by atoms with Crippen molar-refractivity contribution in [2.75, 3.05) is 45.5 Å². The highest BCUT2D eigenvalue weighted by atomic mass is 79.9. The molecule has 2 rings (SSSR count). The Morgan fingerprint density at radius 2 is 1.91 bits per heavy atom. The predicted molar refractivity (Wildman–Crippen MR) is 91.1 cm³/mol. The molecular formula is C15H21BrN3O2S+. The molecule has 2 amide bonds. The molecule has 0 spiro atoms. The van der Waals surface area contributed by atoms with Crippen LogP contribution in [0.5, 0.6) is 0 Å². The zero-order valence-electron chi connectivity index (χ0n) is 12.6. The van der Waals surface area contributed by atoms with Crippen LogP contribution >= 0.6 is 27.7 Å². The number of nitrogens with zero attached hydrogens (tertiary/aromatic N) is 1. The van der Waals surface area contributed by atoms with Gasteiger partial charge in [0.2, 0.25) is 5.91 Å². The van der Waals surface area contributed by atoms with Gasteiger partial charge in [0.1, 0.15) is 0 Å². The smallest absolute Gasteiger partial charge is 0.274 e. The lowest BCUT2D eigenvalue weighted by molar-refractivity contribution is -0.896. The van der Waals surface area contributed by atoms with Crippen molar-refractivity contribution < 1.29 is 14.5 Å². The van der Waals surface area contributed by atoms with Crippen LogP contribution in [0.1, 0.15) is 0 Å². The zero-order valence-corrected chi connectivity index (χ0v) is 15.0. The van der Waals surface area contributed by atoms with E-state index in [9.17, 15) is 9.59 Å². The van der Waals surface area contributed by atoms with E-state index in [1.54, 1.807) is 18.8 Å². The second-order valence-corrected chi connectivity index (χ2v) is 7.19. The van der Waals surface area contributed by atoms with Gasteiger partial charge in [0.25, 0.3) is 5.91 Å². The van der Waals surface area contributed by atoms with E-state index in [4.69, 9.17) is 0 Å². The van der Waals surface area contributed by atoms with Gasteiger partial charge in [-0.15, -0.1) is 11.8 Å². The molecule has 1 aromatic rings. The number of thioether (sulfide) groups is 1. The first-order valence-electron chi connectivity index (χ1n) is 7.29. The molecular weight excluding hydrogens is 366 g/mol. The van der Waals surface area contributed by atoms with E-state index in [0.717, 1.165) is 35.5 Å². The van der Waals surface area contributed by atoms with Crippen LogP contribution in [0, 0.1) is 0 Å². The Kier molecular flexibility index (Phi) is 6.72. The van der Waals surface area contributed by atoms with Crippen molar-refractivity contribution in [2.24, 2.45) is 0 Å². The number of halogens is 1. The maximum absolute atomic E-state index is 12.2.